The third-order valence-corrected chi connectivity index (χ3v) is 5.08. The molecule has 92 valence electrons. The summed E-state index contributed by atoms with van der Waals surface area (Å²) in [5.74, 6) is 0.603. The second-order valence-electron chi connectivity index (χ2n) is 6.50. The topological polar surface area (TPSA) is 23.6 Å². The smallest absolute Gasteiger partial charge is 0.226 e. The SMILES string of the molecule is CN1CCN(C(=O)C2C(C)(C)C2(C)C)CC1. The van der Waals surface area contributed by atoms with Gasteiger partial charge in [0.25, 0.3) is 0 Å². The molecule has 0 atom stereocenters. The first kappa shape index (κ1) is 11.9. The molecule has 1 heterocycles. The van der Waals surface area contributed by atoms with Crippen molar-refractivity contribution < 1.29 is 4.79 Å². The summed E-state index contributed by atoms with van der Waals surface area (Å²) < 4.78 is 0. The molecule has 2 fully saturated rings. The van der Waals surface area contributed by atoms with E-state index in [9.17, 15) is 4.79 Å². The Labute approximate surface area is 98.8 Å². The standard InChI is InChI=1S/C13H24N2O/c1-12(2)10(13(12,3)4)11(16)15-8-6-14(5)7-9-15/h10H,6-9H2,1-5H3. The molecular formula is C13H24N2O. The Hall–Kier alpha value is -0.570. The zero-order valence-corrected chi connectivity index (χ0v) is 11.2. The van der Waals surface area contributed by atoms with E-state index in [1.807, 2.05) is 0 Å². The summed E-state index contributed by atoms with van der Waals surface area (Å²) in [6, 6.07) is 0. The van der Waals surface area contributed by atoms with E-state index in [2.05, 4.69) is 44.5 Å². The van der Waals surface area contributed by atoms with Crippen LogP contribution >= 0.6 is 0 Å². The highest BCUT2D eigenvalue weighted by Crippen LogP contribution is 2.68. The number of nitrogens with zero attached hydrogens (tertiary/aromatic N) is 2. The molecule has 0 radical (unpaired) electrons. The second-order valence-corrected chi connectivity index (χ2v) is 6.50. The summed E-state index contributed by atoms with van der Waals surface area (Å²) in [6.45, 7) is 12.7. The average molecular weight is 224 g/mol. The first-order chi connectivity index (χ1) is 7.28. The number of likely N-dealkylation sites (N-methyl/N-ethyl adjacent to an activating group) is 1. The van der Waals surface area contributed by atoms with Crippen molar-refractivity contribution in [3.05, 3.63) is 0 Å². The highest BCUT2D eigenvalue weighted by Gasteiger charge is 2.68. The van der Waals surface area contributed by atoms with Crippen LogP contribution in [-0.4, -0.2) is 48.9 Å². The van der Waals surface area contributed by atoms with Crippen molar-refractivity contribution >= 4 is 5.91 Å². The van der Waals surface area contributed by atoms with Crippen molar-refractivity contribution in [1.29, 1.82) is 0 Å². The number of hydrogen-bond donors (Lipinski definition) is 0. The van der Waals surface area contributed by atoms with Crippen molar-refractivity contribution in [2.24, 2.45) is 16.7 Å². The molecule has 0 N–H and O–H groups in total. The molecule has 2 aliphatic rings. The van der Waals surface area contributed by atoms with Crippen molar-refractivity contribution in [2.75, 3.05) is 33.2 Å². The molecule has 0 spiro atoms. The van der Waals surface area contributed by atoms with Crippen molar-refractivity contribution in [3.63, 3.8) is 0 Å². The van der Waals surface area contributed by atoms with E-state index < -0.39 is 0 Å². The molecule has 1 saturated carbocycles. The predicted molar refractivity (Wildman–Crippen MR) is 65.1 cm³/mol. The summed E-state index contributed by atoms with van der Waals surface area (Å²) in [5, 5.41) is 0. The lowest BCUT2D eigenvalue weighted by Crippen LogP contribution is -2.48. The highest BCUT2D eigenvalue weighted by atomic mass is 16.2. The fourth-order valence-electron chi connectivity index (χ4n) is 3.02. The summed E-state index contributed by atoms with van der Waals surface area (Å²) in [6.07, 6.45) is 0. The van der Waals surface area contributed by atoms with Crippen LogP contribution in [0.3, 0.4) is 0 Å². The number of rotatable bonds is 1. The van der Waals surface area contributed by atoms with Gasteiger partial charge in [0.1, 0.15) is 0 Å². The van der Waals surface area contributed by atoms with Crippen LogP contribution in [0.4, 0.5) is 0 Å². The monoisotopic (exact) mass is 224 g/mol. The number of carbonyl (C=O) groups is 1. The van der Waals surface area contributed by atoms with Crippen LogP contribution in [0.15, 0.2) is 0 Å². The minimum atomic E-state index is 0.174. The zero-order chi connectivity index (χ0) is 12.1. The van der Waals surface area contributed by atoms with Crippen molar-refractivity contribution in [1.82, 2.24) is 9.80 Å². The molecule has 0 aromatic carbocycles. The number of piperazine rings is 1. The minimum absolute atomic E-state index is 0.174. The van der Waals surface area contributed by atoms with Gasteiger partial charge in [-0.2, -0.15) is 0 Å². The largest absolute Gasteiger partial charge is 0.340 e. The van der Waals surface area contributed by atoms with Gasteiger partial charge in [0.15, 0.2) is 0 Å². The Morgan fingerprint density at radius 1 is 1.00 bits per heavy atom. The van der Waals surface area contributed by atoms with Crippen LogP contribution in [0.2, 0.25) is 0 Å². The van der Waals surface area contributed by atoms with E-state index in [1.54, 1.807) is 0 Å². The van der Waals surface area contributed by atoms with Gasteiger partial charge in [-0.25, -0.2) is 0 Å². The van der Waals surface area contributed by atoms with Crippen LogP contribution in [-0.2, 0) is 4.79 Å². The number of carbonyl (C=O) groups excluding carboxylic acids is 1. The van der Waals surface area contributed by atoms with E-state index in [1.165, 1.54) is 0 Å². The van der Waals surface area contributed by atoms with E-state index in [0.29, 0.717) is 5.91 Å². The highest BCUT2D eigenvalue weighted by molar-refractivity contribution is 5.84. The molecule has 3 heteroatoms. The van der Waals surface area contributed by atoms with Crippen LogP contribution in [0.5, 0.6) is 0 Å². The molecule has 1 aliphatic carbocycles. The first-order valence-electron chi connectivity index (χ1n) is 6.26. The molecule has 0 unspecified atom stereocenters. The van der Waals surface area contributed by atoms with Crippen LogP contribution in [0.1, 0.15) is 27.7 Å². The third-order valence-electron chi connectivity index (χ3n) is 5.08. The normalized spacial score (nSPS) is 29.2. The summed E-state index contributed by atoms with van der Waals surface area (Å²) in [5.41, 5.74) is 0.348. The summed E-state index contributed by atoms with van der Waals surface area (Å²) >= 11 is 0. The molecule has 16 heavy (non-hydrogen) atoms. The van der Waals surface area contributed by atoms with E-state index >= 15 is 0 Å². The maximum Gasteiger partial charge on any atom is 0.226 e. The number of hydrogen-bond acceptors (Lipinski definition) is 2. The fraction of sp³-hybridized carbons (Fsp3) is 0.923. The molecular weight excluding hydrogens is 200 g/mol. The summed E-state index contributed by atoms with van der Waals surface area (Å²) in [7, 11) is 2.12. The Kier molecular flexibility index (Phi) is 2.57. The van der Waals surface area contributed by atoms with Crippen LogP contribution in [0.25, 0.3) is 0 Å². The Morgan fingerprint density at radius 2 is 1.44 bits per heavy atom. The van der Waals surface area contributed by atoms with Gasteiger partial charge in [-0.15, -0.1) is 0 Å². The fourth-order valence-corrected chi connectivity index (χ4v) is 3.02. The van der Waals surface area contributed by atoms with E-state index in [0.717, 1.165) is 26.2 Å². The van der Waals surface area contributed by atoms with Gasteiger partial charge in [0.2, 0.25) is 5.91 Å². The van der Waals surface area contributed by atoms with Crippen LogP contribution in [0, 0.1) is 16.7 Å². The maximum absolute atomic E-state index is 12.4. The van der Waals surface area contributed by atoms with Gasteiger partial charge in [0.05, 0.1) is 0 Å². The van der Waals surface area contributed by atoms with Gasteiger partial charge in [-0.3, -0.25) is 4.79 Å². The molecule has 1 aliphatic heterocycles. The van der Waals surface area contributed by atoms with E-state index in [4.69, 9.17) is 0 Å². The lowest BCUT2D eigenvalue weighted by atomic mass is 10.0. The summed E-state index contributed by atoms with van der Waals surface area (Å²) in [4.78, 5) is 16.7. The molecule has 1 saturated heterocycles. The molecule has 0 aromatic rings. The average Bonchev–Trinajstić information content (AvgIpc) is 2.57. The quantitative estimate of drug-likeness (QED) is 0.673. The van der Waals surface area contributed by atoms with Gasteiger partial charge in [0, 0.05) is 32.1 Å². The van der Waals surface area contributed by atoms with Crippen molar-refractivity contribution in [3.8, 4) is 0 Å². The zero-order valence-electron chi connectivity index (χ0n) is 11.2. The minimum Gasteiger partial charge on any atom is -0.340 e. The second kappa shape index (κ2) is 3.46. The van der Waals surface area contributed by atoms with Gasteiger partial charge >= 0.3 is 0 Å². The molecule has 1 amide bonds. The number of amides is 1. The van der Waals surface area contributed by atoms with E-state index in [-0.39, 0.29) is 16.7 Å². The molecule has 2 rings (SSSR count). The van der Waals surface area contributed by atoms with Gasteiger partial charge < -0.3 is 9.80 Å². The van der Waals surface area contributed by atoms with Crippen molar-refractivity contribution in [2.45, 2.75) is 27.7 Å². The lowest BCUT2D eigenvalue weighted by Gasteiger charge is -2.33. The Bertz CT molecular complexity index is 287. The third kappa shape index (κ3) is 1.56. The predicted octanol–water partition coefficient (Wildman–Crippen LogP) is 1.44. The molecule has 3 nitrogen and oxygen atoms in total. The van der Waals surface area contributed by atoms with Gasteiger partial charge in [-0.05, 0) is 17.9 Å². The lowest BCUT2D eigenvalue weighted by molar-refractivity contribution is -0.135. The Balaban J connectivity index is 2.00. The molecule has 0 aromatic heterocycles. The first-order valence-corrected chi connectivity index (χ1v) is 6.26. The van der Waals surface area contributed by atoms with Crippen LogP contribution < -0.4 is 0 Å². The Morgan fingerprint density at radius 3 is 1.81 bits per heavy atom. The van der Waals surface area contributed by atoms with Gasteiger partial charge in [-0.1, -0.05) is 27.7 Å². The molecule has 0 bridgehead atoms. The maximum atomic E-state index is 12.4.